The number of amides is 1. The molecule has 2 bridgehead atoms. The molecule has 5 rings (SSSR count). The van der Waals surface area contributed by atoms with Gasteiger partial charge in [0.1, 0.15) is 11.6 Å². The molecule has 138 valence electrons. The maximum absolute atomic E-state index is 13.0. The Bertz CT molecular complexity index is 1110. The van der Waals surface area contributed by atoms with Crippen molar-refractivity contribution in [2.45, 2.75) is 31.5 Å². The van der Waals surface area contributed by atoms with Crippen molar-refractivity contribution in [3.8, 4) is 5.75 Å². The summed E-state index contributed by atoms with van der Waals surface area (Å²) >= 11 is 6.18. The molecule has 5 nitrogen and oxygen atoms in total. The van der Waals surface area contributed by atoms with Crippen molar-refractivity contribution in [2.75, 3.05) is 0 Å². The van der Waals surface area contributed by atoms with Crippen LogP contribution < -0.4 is 10.1 Å². The van der Waals surface area contributed by atoms with Gasteiger partial charge in [-0.05, 0) is 37.3 Å². The molecule has 8 heteroatoms. The molecule has 0 unspecified atom stereocenters. The van der Waals surface area contributed by atoms with Gasteiger partial charge in [-0.1, -0.05) is 17.7 Å². The minimum Gasteiger partial charge on any atom is -0.434 e. The predicted molar refractivity (Wildman–Crippen MR) is 95.4 cm³/mol. The summed E-state index contributed by atoms with van der Waals surface area (Å²) in [7, 11) is 0. The topological polar surface area (TPSA) is 56.1 Å². The van der Waals surface area contributed by atoms with Crippen molar-refractivity contribution in [3.05, 3.63) is 58.4 Å². The van der Waals surface area contributed by atoms with Crippen molar-refractivity contribution < 1.29 is 18.3 Å². The van der Waals surface area contributed by atoms with Crippen LogP contribution in [0.15, 0.2) is 36.4 Å². The van der Waals surface area contributed by atoms with Crippen LogP contribution in [0.3, 0.4) is 0 Å². The molecule has 2 atom stereocenters. The second-order valence-electron chi connectivity index (χ2n) is 7.04. The molecule has 2 aliphatic rings. The third-order valence-electron chi connectivity index (χ3n) is 5.31. The summed E-state index contributed by atoms with van der Waals surface area (Å²) in [6.45, 7) is -1.09. The summed E-state index contributed by atoms with van der Waals surface area (Å²) < 4.78 is 32.7. The number of nitrogens with zero attached hydrogens (tertiary/aromatic N) is 2. The van der Waals surface area contributed by atoms with E-state index >= 15 is 0 Å². The van der Waals surface area contributed by atoms with E-state index in [0.717, 1.165) is 11.0 Å². The quantitative estimate of drug-likeness (QED) is 0.713. The first-order valence-corrected chi connectivity index (χ1v) is 8.83. The summed E-state index contributed by atoms with van der Waals surface area (Å²) in [5, 5.41) is 3.57. The van der Waals surface area contributed by atoms with Crippen LogP contribution in [0, 0.1) is 0 Å². The number of rotatable bonds is 2. The largest absolute Gasteiger partial charge is 0.434 e. The normalized spacial score (nSPS) is 23.1. The standard InChI is InChI=1S/C19H14ClF2N3O2/c1-19-8-13(25-12-7-9(20)5-6-11(12)23-17(19)25)15-10(16(26)24-19)3-2-4-14(15)27-18(21)22/h2-7,13,18H,8H2,1H3,(H,24,26)/t13-,19-/m1/s1. The second kappa shape index (κ2) is 5.42. The molecule has 1 amide bonds. The van der Waals surface area contributed by atoms with E-state index in [1.165, 1.54) is 6.07 Å². The first-order chi connectivity index (χ1) is 12.9. The van der Waals surface area contributed by atoms with Crippen LogP contribution in [-0.2, 0) is 5.54 Å². The van der Waals surface area contributed by atoms with E-state index < -0.39 is 12.2 Å². The van der Waals surface area contributed by atoms with Gasteiger partial charge in [0, 0.05) is 22.6 Å². The minimum atomic E-state index is -2.98. The number of benzene rings is 2. The zero-order chi connectivity index (χ0) is 18.9. The number of hydrogen-bond acceptors (Lipinski definition) is 3. The Balaban J connectivity index is 1.83. The van der Waals surface area contributed by atoms with E-state index in [2.05, 4.69) is 10.3 Å². The van der Waals surface area contributed by atoms with Crippen LogP contribution in [0.5, 0.6) is 5.75 Å². The van der Waals surface area contributed by atoms with Gasteiger partial charge in [-0.25, -0.2) is 4.98 Å². The molecule has 3 heterocycles. The van der Waals surface area contributed by atoms with Crippen LogP contribution in [-0.4, -0.2) is 22.1 Å². The first-order valence-electron chi connectivity index (χ1n) is 8.45. The van der Waals surface area contributed by atoms with Gasteiger partial charge in [0.25, 0.3) is 5.91 Å². The number of hydrogen-bond donors (Lipinski definition) is 1. The van der Waals surface area contributed by atoms with E-state index in [1.807, 2.05) is 17.6 Å². The van der Waals surface area contributed by atoms with Crippen molar-refractivity contribution in [1.82, 2.24) is 14.9 Å². The molecule has 0 saturated carbocycles. The number of carbonyl (C=O) groups is 1. The molecule has 2 aromatic carbocycles. The fourth-order valence-electron chi connectivity index (χ4n) is 4.28. The highest BCUT2D eigenvalue weighted by atomic mass is 35.5. The number of alkyl halides is 2. The third-order valence-corrected chi connectivity index (χ3v) is 5.54. The lowest BCUT2D eigenvalue weighted by Gasteiger charge is -2.23. The van der Waals surface area contributed by atoms with Gasteiger partial charge < -0.3 is 14.6 Å². The number of carbonyl (C=O) groups excluding carboxylic acids is 1. The molecule has 3 aromatic rings. The minimum absolute atomic E-state index is 0.00336. The highest BCUT2D eigenvalue weighted by Crippen LogP contribution is 2.50. The zero-order valence-corrected chi connectivity index (χ0v) is 14.9. The van der Waals surface area contributed by atoms with E-state index in [9.17, 15) is 13.6 Å². The SMILES string of the molecule is C[C@]12C[C@H](c3c(OC(F)F)cccc3C(=O)N1)n1c2nc2ccc(Cl)cc21. The highest BCUT2D eigenvalue weighted by Gasteiger charge is 2.49. The van der Waals surface area contributed by atoms with E-state index in [1.54, 1.807) is 24.3 Å². The lowest BCUT2D eigenvalue weighted by atomic mass is 9.93. The van der Waals surface area contributed by atoms with Gasteiger partial charge in [-0.3, -0.25) is 4.79 Å². The lowest BCUT2D eigenvalue weighted by Crippen LogP contribution is -2.41. The summed E-state index contributed by atoms with van der Waals surface area (Å²) in [6, 6.07) is 9.60. The van der Waals surface area contributed by atoms with Gasteiger partial charge in [-0.15, -0.1) is 0 Å². The summed E-state index contributed by atoms with van der Waals surface area (Å²) in [4.78, 5) is 17.5. The molecular formula is C19H14ClF2N3O2. The molecule has 0 spiro atoms. The molecule has 0 fully saturated rings. The Morgan fingerprint density at radius 3 is 2.96 bits per heavy atom. The molecule has 0 radical (unpaired) electrons. The Morgan fingerprint density at radius 1 is 1.37 bits per heavy atom. The monoisotopic (exact) mass is 389 g/mol. The van der Waals surface area contributed by atoms with Crippen LogP contribution in [0.25, 0.3) is 11.0 Å². The lowest BCUT2D eigenvalue weighted by molar-refractivity contribution is -0.0507. The van der Waals surface area contributed by atoms with Crippen molar-refractivity contribution in [3.63, 3.8) is 0 Å². The number of ether oxygens (including phenoxy) is 1. The van der Waals surface area contributed by atoms with Crippen molar-refractivity contribution in [2.24, 2.45) is 0 Å². The van der Waals surface area contributed by atoms with Gasteiger partial charge >= 0.3 is 6.61 Å². The average molecular weight is 390 g/mol. The van der Waals surface area contributed by atoms with E-state index in [4.69, 9.17) is 16.3 Å². The Kier molecular flexibility index (Phi) is 3.31. The molecule has 0 aliphatic carbocycles. The highest BCUT2D eigenvalue weighted by molar-refractivity contribution is 6.31. The number of aromatic nitrogens is 2. The van der Waals surface area contributed by atoms with Crippen LogP contribution in [0.2, 0.25) is 5.02 Å². The summed E-state index contributed by atoms with van der Waals surface area (Å²) in [5.74, 6) is 0.352. The number of halogens is 3. The maximum Gasteiger partial charge on any atom is 0.387 e. The van der Waals surface area contributed by atoms with Gasteiger partial charge in [-0.2, -0.15) is 8.78 Å². The third kappa shape index (κ3) is 2.27. The molecule has 0 saturated heterocycles. The van der Waals surface area contributed by atoms with Crippen LogP contribution in [0.4, 0.5) is 8.78 Å². The summed E-state index contributed by atoms with van der Waals surface area (Å²) in [6.07, 6.45) is 0.486. The van der Waals surface area contributed by atoms with Crippen molar-refractivity contribution in [1.29, 1.82) is 0 Å². The molecule has 27 heavy (non-hydrogen) atoms. The number of imidazole rings is 1. The van der Waals surface area contributed by atoms with E-state index in [-0.39, 0.29) is 17.7 Å². The van der Waals surface area contributed by atoms with Crippen LogP contribution >= 0.6 is 11.6 Å². The maximum atomic E-state index is 13.0. The molecule has 1 aromatic heterocycles. The number of fused-ring (bicyclic) bond motifs is 9. The second-order valence-corrected chi connectivity index (χ2v) is 7.48. The first kappa shape index (κ1) is 16.5. The fraction of sp³-hybridized carbons (Fsp3) is 0.263. The summed E-state index contributed by atoms with van der Waals surface area (Å²) in [5.41, 5.74) is 1.57. The fourth-order valence-corrected chi connectivity index (χ4v) is 4.45. The Hall–Kier alpha value is -2.67. The van der Waals surface area contributed by atoms with E-state index in [0.29, 0.717) is 28.4 Å². The smallest absolute Gasteiger partial charge is 0.387 e. The van der Waals surface area contributed by atoms with Crippen molar-refractivity contribution >= 4 is 28.5 Å². The Labute approximate surface area is 157 Å². The van der Waals surface area contributed by atoms with Gasteiger partial charge in [0.15, 0.2) is 0 Å². The Morgan fingerprint density at radius 2 is 2.19 bits per heavy atom. The molecule has 1 N–H and O–H groups in total. The van der Waals surface area contributed by atoms with Gasteiger partial charge in [0.05, 0.1) is 22.6 Å². The molecule has 2 aliphatic heterocycles. The molecular weight excluding hydrogens is 376 g/mol. The zero-order valence-electron chi connectivity index (χ0n) is 14.2. The van der Waals surface area contributed by atoms with Crippen LogP contribution in [0.1, 0.15) is 41.1 Å². The van der Waals surface area contributed by atoms with Gasteiger partial charge in [0.2, 0.25) is 0 Å². The number of nitrogens with one attached hydrogen (secondary N) is 1. The predicted octanol–water partition coefficient (Wildman–Crippen LogP) is 4.24. The average Bonchev–Trinajstić information content (AvgIpc) is 3.06.